The predicted molar refractivity (Wildman–Crippen MR) is 139 cm³/mol. The molecular formula is C26H24ClF3N6O3. The Hall–Kier alpha value is -4.34. The Kier molecular flexibility index (Phi) is 10.1. The second-order valence-electron chi connectivity index (χ2n) is 8.22. The molecule has 1 heterocycles. The molecule has 0 aliphatic carbocycles. The Labute approximate surface area is 227 Å². The number of amides is 3. The minimum atomic E-state index is -4.54. The number of hydrogen-bond acceptors (Lipinski definition) is 6. The van der Waals surface area contributed by atoms with Gasteiger partial charge < -0.3 is 21.1 Å². The van der Waals surface area contributed by atoms with E-state index in [0.29, 0.717) is 22.8 Å². The lowest BCUT2D eigenvalue weighted by atomic mass is 10.00. The van der Waals surface area contributed by atoms with E-state index < -0.39 is 29.7 Å². The Morgan fingerprint density at radius 1 is 1.13 bits per heavy atom. The number of benzene rings is 2. The lowest BCUT2D eigenvalue weighted by molar-refractivity contribution is -0.138. The van der Waals surface area contributed by atoms with Crippen molar-refractivity contribution in [2.45, 2.75) is 25.1 Å². The number of pyridine rings is 1. The van der Waals surface area contributed by atoms with Crippen LogP contribution in [-0.2, 0) is 17.4 Å². The fourth-order valence-corrected chi connectivity index (χ4v) is 3.60. The van der Waals surface area contributed by atoms with Crippen molar-refractivity contribution in [3.63, 3.8) is 0 Å². The molecule has 9 nitrogen and oxygen atoms in total. The van der Waals surface area contributed by atoms with Gasteiger partial charge in [0.25, 0.3) is 0 Å². The zero-order valence-electron chi connectivity index (χ0n) is 20.4. The number of nitrogens with zero attached hydrogens (tertiary/aromatic N) is 2. The van der Waals surface area contributed by atoms with E-state index in [0.717, 1.165) is 6.07 Å². The smallest absolute Gasteiger partial charge is 0.416 e. The highest BCUT2D eigenvalue weighted by molar-refractivity contribution is 6.31. The van der Waals surface area contributed by atoms with Gasteiger partial charge in [-0.3, -0.25) is 10.1 Å². The van der Waals surface area contributed by atoms with Gasteiger partial charge in [0.1, 0.15) is 17.6 Å². The Balaban J connectivity index is 1.47. The van der Waals surface area contributed by atoms with Crippen molar-refractivity contribution in [3.05, 3.63) is 82.5 Å². The maximum absolute atomic E-state index is 13.2. The third kappa shape index (κ3) is 8.87. The van der Waals surface area contributed by atoms with Crippen molar-refractivity contribution in [1.82, 2.24) is 10.3 Å². The highest BCUT2D eigenvalue weighted by Gasteiger charge is 2.33. The van der Waals surface area contributed by atoms with Gasteiger partial charge in [-0.05, 0) is 54.8 Å². The largest absolute Gasteiger partial charge is 0.491 e. The molecule has 39 heavy (non-hydrogen) atoms. The molecule has 0 aliphatic rings. The minimum Gasteiger partial charge on any atom is -0.491 e. The zero-order chi connectivity index (χ0) is 28.4. The predicted octanol–water partition coefficient (Wildman–Crippen LogP) is 4.72. The summed E-state index contributed by atoms with van der Waals surface area (Å²) in [6.07, 6.45) is -3.14. The molecule has 204 valence electrons. The normalized spacial score (nSPS) is 11.7. The van der Waals surface area contributed by atoms with E-state index in [-0.39, 0.29) is 36.6 Å². The fraction of sp³-hybridized carbons (Fsp3) is 0.231. The highest BCUT2D eigenvalue weighted by atomic mass is 35.5. The molecule has 0 radical (unpaired) electrons. The zero-order valence-corrected chi connectivity index (χ0v) is 21.1. The van der Waals surface area contributed by atoms with Crippen LogP contribution < -0.4 is 26.4 Å². The number of nitrogens with one attached hydrogen (secondary N) is 3. The summed E-state index contributed by atoms with van der Waals surface area (Å²) in [6, 6.07) is 12.7. The summed E-state index contributed by atoms with van der Waals surface area (Å²) in [5.74, 6) is -0.0464. The molecule has 3 amide bonds. The molecule has 0 bridgehead atoms. The van der Waals surface area contributed by atoms with E-state index in [2.05, 4.69) is 20.9 Å². The molecular weight excluding hydrogens is 537 g/mol. The molecule has 5 N–H and O–H groups in total. The van der Waals surface area contributed by atoms with E-state index >= 15 is 0 Å². The molecule has 0 fully saturated rings. The first-order chi connectivity index (χ1) is 18.6. The number of ether oxygens (including phenoxy) is 1. The van der Waals surface area contributed by atoms with Crippen LogP contribution in [0.1, 0.15) is 23.1 Å². The number of carbonyl (C=O) groups is 2. The van der Waals surface area contributed by atoms with Gasteiger partial charge in [-0.15, -0.1) is 0 Å². The van der Waals surface area contributed by atoms with Crippen LogP contribution in [0.15, 0.2) is 60.8 Å². The van der Waals surface area contributed by atoms with Gasteiger partial charge >= 0.3 is 12.2 Å². The SMILES string of the molecule is N#Cc1ccc(NC(=O)Nc2cc(Cl)ccc2OCCCNC(=O)C(N)Cc2ccccc2C(F)(F)F)nc1. The molecule has 3 aromatic rings. The van der Waals surface area contributed by atoms with E-state index in [1.165, 1.54) is 42.6 Å². The summed E-state index contributed by atoms with van der Waals surface area (Å²) >= 11 is 6.04. The molecule has 3 rings (SSSR count). The van der Waals surface area contributed by atoms with Gasteiger partial charge in [-0.25, -0.2) is 9.78 Å². The molecule has 1 atom stereocenters. The van der Waals surface area contributed by atoms with Crippen molar-refractivity contribution >= 4 is 35.0 Å². The number of rotatable bonds is 10. The number of alkyl halides is 3. The van der Waals surface area contributed by atoms with Crippen molar-refractivity contribution in [3.8, 4) is 11.8 Å². The maximum Gasteiger partial charge on any atom is 0.416 e. The van der Waals surface area contributed by atoms with Crippen LogP contribution in [0, 0.1) is 11.3 Å². The third-order valence-electron chi connectivity index (χ3n) is 5.30. The molecule has 0 spiro atoms. The van der Waals surface area contributed by atoms with Crippen LogP contribution in [0.5, 0.6) is 5.75 Å². The van der Waals surface area contributed by atoms with Gasteiger partial charge in [0, 0.05) is 17.8 Å². The van der Waals surface area contributed by atoms with Crippen LogP contribution in [0.25, 0.3) is 0 Å². The number of nitriles is 1. The van der Waals surface area contributed by atoms with Crippen LogP contribution in [0.3, 0.4) is 0 Å². The molecule has 13 heteroatoms. The summed E-state index contributed by atoms with van der Waals surface area (Å²) in [5.41, 5.74) is 5.57. The lowest BCUT2D eigenvalue weighted by Gasteiger charge is -2.17. The topological polar surface area (TPSA) is 142 Å². The summed E-state index contributed by atoms with van der Waals surface area (Å²) in [6.45, 7) is 0.302. The number of anilines is 2. The molecule has 0 saturated carbocycles. The number of halogens is 4. The number of carbonyl (C=O) groups excluding carboxylic acids is 2. The summed E-state index contributed by atoms with van der Waals surface area (Å²) in [4.78, 5) is 28.6. The lowest BCUT2D eigenvalue weighted by Crippen LogP contribution is -2.42. The summed E-state index contributed by atoms with van der Waals surface area (Å²) in [5, 5.41) is 16.9. The van der Waals surface area contributed by atoms with Gasteiger partial charge in [-0.2, -0.15) is 18.4 Å². The average molecular weight is 561 g/mol. The second kappa shape index (κ2) is 13.5. The van der Waals surface area contributed by atoms with Gasteiger partial charge in [0.15, 0.2) is 0 Å². The van der Waals surface area contributed by atoms with E-state index in [1.807, 2.05) is 6.07 Å². The number of hydrogen-bond donors (Lipinski definition) is 4. The molecule has 0 aliphatic heterocycles. The van der Waals surface area contributed by atoms with E-state index in [1.54, 1.807) is 12.1 Å². The second-order valence-corrected chi connectivity index (χ2v) is 8.66. The summed E-state index contributed by atoms with van der Waals surface area (Å²) in [7, 11) is 0. The number of aromatic nitrogens is 1. The van der Waals surface area contributed by atoms with Crippen molar-refractivity contribution < 1.29 is 27.5 Å². The number of urea groups is 1. The summed E-state index contributed by atoms with van der Waals surface area (Å²) < 4.78 is 45.2. The fourth-order valence-electron chi connectivity index (χ4n) is 3.43. The first kappa shape index (κ1) is 29.2. The monoisotopic (exact) mass is 560 g/mol. The van der Waals surface area contributed by atoms with Gasteiger partial charge in [0.2, 0.25) is 5.91 Å². The van der Waals surface area contributed by atoms with Gasteiger partial charge in [-0.1, -0.05) is 29.8 Å². The highest BCUT2D eigenvalue weighted by Crippen LogP contribution is 2.32. The van der Waals surface area contributed by atoms with Gasteiger partial charge in [0.05, 0.1) is 29.5 Å². The van der Waals surface area contributed by atoms with Crippen molar-refractivity contribution in [1.29, 1.82) is 5.26 Å². The standard InChI is InChI=1S/C26H24ClF3N6O3/c27-18-7-8-22(21(13-18)35-25(38)36-23-9-6-16(14-31)15-34-23)39-11-3-10-33-24(37)20(32)12-17-4-1-2-5-19(17)26(28,29)30/h1-2,4-9,13,15,20H,3,10-12,32H2,(H,33,37)(H2,34,35,36,38). The van der Waals surface area contributed by atoms with Crippen LogP contribution >= 0.6 is 11.6 Å². The third-order valence-corrected chi connectivity index (χ3v) is 5.54. The van der Waals surface area contributed by atoms with E-state index in [4.69, 9.17) is 27.3 Å². The Morgan fingerprint density at radius 3 is 2.59 bits per heavy atom. The quantitative estimate of drug-likeness (QED) is 0.264. The number of nitrogens with two attached hydrogens (primary N) is 1. The first-order valence-corrected chi connectivity index (χ1v) is 12.0. The van der Waals surface area contributed by atoms with Crippen molar-refractivity contribution in [2.75, 3.05) is 23.8 Å². The Morgan fingerprint density at radius 2 is 1.90 bits per heavy atom. The first-order valence-electron chi connectivity index (χ1n) is 11.6. The molecule has 1 unspecified atom stereocenters. The molecule has 1 aromatic heterocycles. The van der Waals surface area contributed by atoms with Crippen LogP contribution in [0.2, 0.25) is 5.02 Å². The van der Waals surface area contributed by atoms with Crippen molar-refractivity contribution in [2.24, 2.45) is 5.73 Å². The molecule has 2 aromatic carbocycles. The maximum atomic E-state index is 13.2. The average Bonchev–Trinajstić information content (AvgIpc) is 2.89. The molecule has 0 saturated heterocycles. The Bertz CT molecular complexity index is 1350. The minimum absolute atomic E-state index is 0.0576. The van der Waals surface area contributed by atoms with Crippen LogP contribution in [-0.4, -0.2) is 36.1 Å². The van der Waals surface area contributed by atoms with Crippen LogP contribution in [0.4, 0.5) is 29.5 Å². The van der Waals surface area contributed by atoms with E-state index in [9.17, 15) is 22.8 Å².